The number of aromatic nitrogens is 1. The van der Waals surface area contributed by atoms with Crippen LogP contribution in [-0.2, 0) is 24.3 Å². The van der Waals surface area contributed by atoms with Crippen molar-refractivity contribution in [3.05, 3.63) is 69.1 Å². The minimum Gasteiger partial charge on any atom is -0.378 e. The molecule has 2 heterocycles. The highest BCUT2D eigenvalue weighted by Gasteiger charge is 2.41. The number of hydrogen-bond acceptors (Lipinski definition) is 3. The fourth-order valence-corrected chi connectivity index (χ4v) is 5.06. The van der Waals surface area contributed by atoms with Gasteiger partial charge in [-0.3, -0.25) is 9.59 Å². The van der Waals surface area contributed by atoms with Crippen LogP contribution in [0.25, 0.3) is 0 Å². The number of ether oxygens (including phenoxy) is 1. The summed E-state index contributed by atoms with van der Waals surface area (Å²) in [5.41, 5.74) is 3.03. The third-order valence-corrected chi connectivity index (χ3v) is 6.48. The van der Waals surface area contributed by atoms with Crippen molar-refractivity contribution in [3.8, 4) is 0 Å². The number of carbonyl (C=O) groups excluding carboxylic acids is 1. The molecule has 1 amide bonds. The number of amides is 1. The van der Waals surface area contributed by atoms with Gasteiger partial charge < -0.3 is 14.2 Å². The van der Waals surface area contributed by atoms with Gasteiger partial charge in [0, 0.05) is 38.0 Å². The maximum atomic E-state index is 13.4. The summed E-state index contributed by atoms with van der Waals surface area (Å²) >= 11 is 0. The summed E-state index contributed by atoms with van der Waals surface area (Å²) in [5.74, 6) is 0.499. The van der Waals surface area contributed by atoms with Crippen molar-refractivity contribution in [3.63, 3.8) is 0 Å². The second-order valence-corrected chi connectivity index (χ2v) is 8.44. The lowest BCUT2D eigenvalue weighted by Crippen LogP contribution is -2.41. The van der Waals surface area contributed by atoms with E-state index in [2.05, 4.69) is 28.8 Å². The molecule has 0 unspecified atom stereocenters. The molecule has 2 aromatic rings. The zero-order chi connectivity index (χ0) is 20.4. The average molecular weight is 395 g/mol. The van der Waals surface area contributed by atoms with E-state index in [1.54, 1.807) is 13.2 Å². The molecule has 0 spiro atoms. The summed E-state index contributed by atoms with van der Waals surface area (Å²) in [5, 5.41) is 0. The van der Waals surface area contributed by atoms with Gasteiger partial charge in [-0.1, -0.05) is 30.3 Å². The Bertz CT molecular complexity index is 935. The summed E-state index contributed by atoms with van der Waals surface area (Å²) in [7, 11) is 1.62. The molecule has 2 fully saturated rings. The van der Waals surface area contributed by atoms with Crippen LogP contribution in [0.5, 0.6) is 0 Å². The van der Waals surface area contributed by atoms with Crippen molar-refractivity contribution in [1.82, 2.24) is 9.47 Å². The lowest BCUT2D eigenvalue weighted by Gasteiger charge is -2.28. The molecule has 1 aromatic heterocycles. The van der Waals surface area contributed by atoms with E-state index < -0.39 is 0 Å². The molecule has 5 heteroatoms. The molecular weight excluding hydrogens is 364 g/mol. The van der Waals surface area contributed by atoms with Gasteiger partial charge in [-0.05, 0) is 50.5 Å². The fourth-order valence-electron chi connectivity index (χ4n) is 5.06. The van der Waals surface area contributed by atoms with Crippen molar-refractivity contribution in [2.75, 3.05) is 13.7 Å². The molecule has 1 aromatic carbocycles. The number of pyridine rings is 1. The van der Waals surface area contributed by atoms with Crippen LogP contribution in [0.2, 0.25) is 0 Å². The number of piperidine rings is 1. The molecule has 1 aliphatic carbocycles. The molecule has 1 saturated heterocycles. The number of likely N-dealkylation sites (tertiary alicyclic amines) is 1. The maximum absolute atomic E-state index is 13.4. The molecule has 4 rings (SSSR count). The van der Waals surface area contributed by atoms with Crippen LogP contribution in [0, 0.1) is 12.8 Å². The van der Waals surface area contributed by atoms with Crippen LogP contribution < -0.4 is 5.43 Å². The Labute approximate surface area is 172 Å². The van der Waals surface area contributed by atoms with Gasteiger partial charge in [0.15, 0.2) is 5.43 Å². The summed E-state index contributed by atoms with van der Waals surface area (Å²) in [6.45, 7) is 3.75. The Kier molecular flexibility index (Phi) is 5.86. The second kappa shape index (κ2) is 8.54. The van der Waals surface area contributed by atoms with Gasteiger partial charge in [0.25, 0.3) is 5.91 Å². The molecule has 2 bridgehead atoms. The van der Waals surface area contributed by atoms with Gasteiger partial charge in [0.1, 0.15) is 5.56 Å². The van der Waals surface area contributed by atoms with Crippen LogP contribution >= 0.6 is 0 Å². The van der Waals surface area contributed by atoms with Gasteiger partial charge in [0.05, 0.1) is 12.3 Å². The second-order valence-electron chi connectivity index (χ2n) is 8.44. The number of aryl methyl sites for hydroxylation is 2. The van der Waals surface area contributed by atoms with E-state index in [4.69, 9.17) is 4.74 Å². The molecule has 2 atom stereocenters. The van der Waals surface area contributed by atoms with Gasteiger partial charge in [-0.2, -0.15) is 0 Å². The van der Waals surface area contributed by atoms with Crippen LogP contribution in [0.15, 0.2) is 41.2 Å². The van der Waals surface area contributed by atoms with E-state index in [9.17, 15) is 9.59 Å². The highest BCUT2D eigenvalue weighted by atomic mass is 16.5. The topological polar surface area (TPSA) is 51.5 Å². The van der Waals surface area contributed by atoms with Crippen molar-refractivity contribution in [1.29, 1.82) is 0 Å². The highest BCUT2D eigenvalue weighted by Crippen LogP contribution is 2.38. The molecule has 0 N–H and O–H groups in total. The van der Waals surface area contributed by atoms with E-state index in [0.29, 0.717) is 17.5 Å². The first kappa shape index (κ1) is 19.9. The number of fused-ring (bicyclic) bond motifs is 2. The van der Waals surface area contributed by atoms with E-state index in [0.717, 1.165) is 50.2 Å². The minimum atomic E-state index is -0.179. The standard InChI is InChI=1S/C24H30N2O3/c1-17-13-22(27)23(24(28)26-15-19-10-11-20(26)14-19)21(16-29-2)25(17)12-6-9-18-7-4-3-5-8-18/h3-5,7-8,13,19-20H,6,9-12,14-16H2,1-2H3/t19-,20-/m1/s1. The van der Waals surface area contributed by atoms with E-state index >= 15 is 0 Å². The number of methoxy groups -OCH3 is 1. The molecular formula is C24H30N2O3. The Hall–Kier alpha value is -2.40. The lowest BCUT2D eigenvalue weighted by atomic mass is 10.1. The summed E-state index contributed by atoms with van der Waals surface area (Å²) < 4.78 is 7.53. The summed E-state index contributed by atoms with van der Waals surface area (Å²) in [6, 6.07) is 12.3. The predicted molar refractivity (Wildman–Crippen MR) is 113 cm³/mol. The SMILES string of the molecule is COCc1c(C(=O)N2C[C@@H]3CC[C@@H]2C3)c(=O)cc(C)n1CCCc1ccccc1. The number of hydrogen-bond donors (Lipinski definition) is 0. The third kappa shape index (κ3) is 4.01. The Balaban J connectivity index is 1.61. The normalized spacial score (nSPS) is 20.4. The number of rotatable bonds is 7. The van der Waals surface area contributed by atoms with Crippen molar-refractivity contribution in [2.24, 2.45) is 5.92 Å². The van der Waals surface area contributed by atoms with Gasteiger partial charge in [0.2, 0.25) is 0 Å². The molecule has 0 radical (unpaired) electrons. The Morgan fingerprint density at radius 1 is 1.21 bits per heavy atom. The Morgan fingerprint density at radius 2 is 2.00 bits per heavy atom. The molecule has 2 aliphatic rings. The largest absolute Gasteiger partial charge is 0.378 e. The van der Waals surface area contributed by atoms with Crippen molar-refractivity contribution >= 4 is 5.91 Å². The Morgan fingerprint density at radius 3 is 2.66 bits per heavy atom. The maximum Gasteiger partial charge on any atom is 0.259 e. The van der Waals surface area contributed by atoms with E-state index in [1.807, 2.05) is 17.9 Å². The average Bonchev–Trinajstić information content (AvgIpc) is 3.34. The van der Waals surface area contributed by atoms with E-state index in [1.165, 1.54) is 12.0 Å². The van der Waals surface area contributed by atoms with Crippen LogP contribution in [0.3, 0.4) is 0 Å². The van der Waals surface area contributed by atoms with Crippen LogP contribution in [0.4, 0.5) is 0 Å². The van der Waals surface area contributed by atoms with Gasteiger partial charge in [-0.25, -0.2) is 0 Å². The molecule has 1 aliphatic heterocycles. The fraction of sp³-hybridized carbons (Fsp3) is 0.500. The number of benzene rings is 1. The lowest BCUT2D eigenvalue weighted by molar-refractivity contribution is 0.0695. The van der Waals surface area contributed by atoms with Crippen LogP contribution in [-0.4, -0.2) is 35.1 Å². The third-order valence-electron chi connectivity index (χ3n) is 6.48. The quantitative estimate of drug-likeness (QED) is 0.722. The summed E-state index contributed by atoms with van der Waals surface area (Å²) in [6.07, 6.45) is 5.25. The number of nitrogens with zero attached hydrogens (tertiary/aromatic N) is 2. The number of carbonyl (C=O) groups is 1. The zero-order valence-electron chi connectivity index (χ0n) is 17.4. The van der Waals surface area contributed by atoms with Crippen molar-refractivity contribution < 1.29 is 9.53 Å². The van der Waals surface area contributed by atoms with Crippen LogP contribution in [0.1, 0.15) is 53.0 Å². The smallest absolute Gasteiger partial charge is 0.259 e. The zero-order valence-corrected chi connectivity index (χ0v) is 17.4. The first-order valence-corrected chi connectivity index (χ1v) is 10.7. The predicted octanol–water partition coefficient (Wildman–Crippen LogP) is 3.56. The highest BCUT2D eigenvalue weighted by molar-refractivity contribution is 5.95. The molecule has 154 valence electrons. The van der Waals surface area contributed by atoms with E-state index in [-0.39, 0.29) is 17.9 Å². The molecule has 29 heavy (non-hydrogen) atoms. The van der Waals surface area contributed by atoms with Gasteiger partial charge >= 0.3 is 0 Å². The monoisotopic (exact) mass is 394 g/mol. The minimum absolute atomic E-state index is 0.106. The molecule has 5 nitrogen and oxygen atoms in total. The van der Waals surface area contributed by atoms with Gasteiger partial charge in [-0.15, -0.1) is 0 Å². The summed E-state index contributed by atoms with van der Waals surface area (Å²) in [4.78, 5) is 28.2. The first-order valence-electron chi connectivity index (χ1n) is 10.7. The van der Waals surface area contributed by atoms with Crippen molar-refractivity contribution in [2.45, 2.75) is 58.2 Å². The molecule has 1 saturated carbocycles. The first-order chi connectivity index (χ1) is 14.1.